The van der Waals surface area contributed by atoms with Crippen LogP contribution < -0.4 is 4.57 Å². The fourth-order valence-corrected chi connectivity index (χ4v) is 1.22. The highest BCUT2D eigenvalue weighted by Crippen LogP contribution is 2.10. The minimum atomic E-state index is 0.183. The number of nitrogens with zero attached hydrogens (tertiary/aromatic N) is 1. The molecule has 0 aliphatic carbocycles. The van der Waals surface area contributed by atoms with Crippen molar-refractivity contribution in [1.82, 2.24) is 0 Å². The van der Waals surface area contributed by atoms with Gasteiger partial charge >= 0.3 is 0 Å². The molecule has 0 atom stereocenters. The normalized spacial score (nSPS) is 10.5. The lowest BCUT2D eigenvalue weighted by atomic mass is 10.1. The van der Waals surface area contributed by atoms with E-state index >= 15 is 0 Å². The third-order valence-corrected chi connectivity index (χ3v) is 1.99. The Kier molecular flexibility index (Phi) is 3.18. The summed E-state index contributed by atoms with van der Waals surface area (Å²) in [5.74, 6) is 0.731. The lowest BCUT2D eigenvalue weighted by molar-refractivity contribution is -0.684. The van der Waals surface area contributed by atoms with E-state index in [0.717, 1.165) is 0 Å². The van der Waals surface area contributed by atoms with E-state index in [9.17, 15) is 4.79 Å². The van der Waals surface area contributed by atoms with Gasteiger partial charge in [0.25, 0.3) is 0 Å². The smallest absolute Gasteiger partial charge is 0.206 e. The van der Waals surface area contributed by atoms with Gasteiger partial charge in [-0.1, -0.05) is 13.8 Å². The van der Waals surface area contributed by atoms with Crippen molar-refractivity contribution in [1.29, 1.82) is 0 Å². The first-order valence-electron chi connectivity index (χ1n) is 4.58. The molecule has 0 saturated carbocycles. The van der Waals surface area contributed by atoms with Crippen LogP contribution in [0.5, 0.6) is 0 Å². The van der Waals surface area contributed by atoms with Crippen molar-refractivity contribution >= 4 is 5.78 Å². The highest BCUT2D eigenvalue weighted by atomic mass is 16.1. The lowest BCUT2D eigenvalue weighted by Gasteiger charge is -2.02. The quantitative estimate of drug-likeness (QED) is 0.645. The molecule has 1 aromatic rings. The molecule has 13 heavy (non-hydrogen) atoms. The Morgan fingerprint density at radius 3 is 2.31 bits per heavy atom. The highest BCUT2D eigenvalue weighted by Gasteiger charge is 2.05. The Bertz CT molecular complexity index is 287. The van der Waals surface area contributed by atoms with Crippen LogP contribution in [0.15, 0.2) is 24.5 Å². The summed E-state index contributed by atoms with van der Waals surface area (Å²) < 4.78 is 1.90. The summed E-state index contributed by atoms with van der Waals surface area (Å²) in [6, 6.07) is 4.13. The van der Waals surface area contributed by atoms with Gasteiger partial charge in [0.05, 0.1) is 0 Å². The first kappa shape index (κ1) is 9.90. The predicted octanol–water partition coefficient (Wildman–Crippen LogP) is 1.69. The minimum Gasteiger partial charge on any atom is -0.293 e. The predicted molar refractivity (Wildman–Crippen MR) is 51.4 cm³/mol. The van der Waals surface area contributed by atoms with Gasteiger partial charge < -0.3 is 0 Å². The monoisotopic (exact) mass is 178 g/mol. The maximum atomic E-state index is 10.8. The Balaban J connectivity index is 2.75. The van der Waals surface area contributed by atoms with Gasteiger partial charge in [-0.05, 0) is 11.5 Å². The van der Waals surface area contributed by atoms with E-state index in [0.29, 0.717) is 12.5 Å². The molecule has 0 spiro atoms. The number of ketones is 1. The molecule has 0 aromatic carbocycles. The summed E-state index contributed by atoms with van der Waals surface area (Å²) in [7, 11) is 0. The molecule has 1 heterocycles. The van der Waals surface area contributed by atoms with Gasteiger partial charge in [-0.15, -0.1) is 0 Å². The molecule has 70 valence electrons. The van der Waals surface area contributed by atoms with Gasteiger partial charge in [0.1, 0.15) is 0 Å². The van der Waals surface area contributed by atoms with Crippen LogP contribution in [0.2, 0.25) is 0 Å². The lowest BCUT2D eigenvalue weighted by Crippen LogP contribution is -2.36. The van der Waals surface area contributed by atoms with Crippen LogP contribution in [0, 0.1) is 0 Å². The Morgan fingerprint density at radius 1 is 1.38 bits per heavy atom. The molecule has 0 N–H and O–H groups in total. The van der Waals surface area contributed by atoms with Gasteiger partial charge in [0, 0.05) is 19.1 Å². The van der Waals surface area contributed by atoms with E-state index < -0.39 is 0 Å². The third kappa shape index (κ3) is 2.98. The summed E-state index contributed by atoms with van der Waals surface area (Å²) in [5.41, 5.74) is 1.31. The van der Waals surface area contributed by atoms with Crippen molar-refractivity contribution in [2.24, 2.45) is 0 Å². The van der Waals surface area contributed by atoms with Crippen molar-refractivity contribution in [2.45, 2.75) is 33.2 Å². The van der Waals surface area contributed by atoms with Crippen molar-refractivity contribution in [2.75, 3.05) is 0 Å². The molecule has 0 aliphatic rings. The number of hydrogen-bond acceptors (Lipinski definition) is 1. The second-order valence-corrected chi connectivity index (χ2v) is 3.66. The molecule has 0 amide bonds. The summed E-state index contributed by atoms with van der Waals surface area (Å²) in [6.07, 6.45) is 3.91. The second kappa shape index (κ2) is 4.17. The van der Waals surface area contributed by atoms with E-state index in [1.165, 1.54) is 5.56 Å². The van der Waals surface area contributed by atoms with Crippen LogP contribution in [0.3, 0.4) is 0 Å². The molecule has 0 aliphatic heterocycles. The molecule has 0 bridgehead atoms. The number of carbonyl (C=O) groups excluding carboxylic acids is 1. The van der Waals surface area contributed by atoms with Crippen LogP contribution in [0.1, 0.15) is 32.3 Å². The van der Waals surface area contributed by atoms with Crippen LogP contribution in [-0.2, 0) is 11.3 Å². The van der Waals surface area contributed by atoms with Crippen molar-refractivity contribution in [3.05, 3.63) is 30.1 Å². The van der Waals surface area contributed by atoms with E-state index in [-0.39, 0.29) is 5.78 Å². The van der Waals surface area contributed by atoms with Gasteiger partial charge in [0.15, 0.2) is 18.2 Å². The second-order valence-electron chi connectivity index (χ2n) is 3.66. The van der Waals surface area contributed by atoms with Crippen molar-refractivity contribution < 1.29 is 9.36 Å². The zero-order chi connectivity index (χ0) is 9.84. The van der Waals surface area contributed by atoms with Crippen LogP contribution in [0.4, 0.5) is 0 Å². The van der Waals surface area contributed by atoms with E-state index in [2.05, 4.69) is 26.0 Å². The Morgan fingerprint density at radius 2 is 1.92 bits per heavy atom. The van der Waals surface area contributed by atoms with E-state index in [1.54, 1.807) is 6.92 Å². The zero-order valence-corrected chi connectivity index (χ0v) is 8.45. The fourth-order valence-electron chi connectivity index (χ4n) is 1.22. The standard InChI is InChI=1S/C11H16NO/c1-9(2)11-4-6-12(7-5-11)8-10(3)13/h4-7,9H,8H2,1-3H3/q+1. The van der Waals surface area contributed by atoms with Crippen LogP contribution in [-0.4, -0.2) is 5.78 Å². The van der Waals surface area contributed by atoms with E-state index in [1.807, 2.05) is 17.0 Å². The van der Waals surface area contributed by atoms with Crippen LogP contribution >= 0.6 is 0 Å². The molecule has 1 rings (SSSR count). The molecule has 2 heteroatoms. The number of carbonyl (C=O) groups is 1. The van der Waals surface area contributed by atoms with E-state index in [4.69, 9.17) is 0 Å². The first-order valence-corrected chi connectivity index (χ1v) is 4.58. The fraction of sp³-hybridized carbons (Fsp3) is 0.455. The maximum Gasteiger partial charge on any atom is 0.206 e. The average Bonchev–Trinajstić information content (AvgIpc) is 2.04. The number of aromatic nitrogens is 1. The third-order valence-electron chi connectivity index (χ3n) is 1.99. The summed E-state index contributed by atoms with van der Waals surface area (Å²) in [4.78, 5) is 10.8. The number of Topliss-reactive ketones (excluding diaryl/α,β-unsaturated/α-hetero) is 1. The van der Waals surface area contributed by atoms with Crippen molar-refractivity contribution in [3.8, 4) is 0 Å². The SMILES string of the molecule is CC(=O)C[n+]1ccc(C(C)C)cc1. The topological polar surface area (TPSA) is 20.9 Å². The molecule has 0 unspecified atom stereocenters. The molecular formula is C11H16NO+. The zero-order valence-electron chi connectivity index (χ0n) is 8.45. The Hall–Kier alpha value is -1.18. The first-order chi connectivity index (χ1) is 6.09. The number of pyridine rings is 1. The van der Waals surface area contributed by atoms with Gasteiger partial charge in [-0.2, -0.15) is 4.57 Å². The highest BCUT2D eigenvalue weighted by molar-refractivity contribution is 5.73. The average molecular weight is 178 g/mol. The molecule has 1 aromatic heterocycles. The van der Waals surface area contributed by atoms with Crippen LogP contribution in [0.25, 0.3) is 0 Å². The molecule has 2 nitrogen and oxygen atoms in total. The number of hydrogen-bond donors (Lipinski definition) is 0. The molecular weight excluding hydrogens is 162 g/mol. The molecule has 0 saturated heterocycles. The van der Waals surface area contributed by atoms with Gasteiger partial charge in [-0.3, -0.25) is 4.79 Å². The minimum absolute atomic E-state index is 0.183. The summed E-state index contributed by atoms with van der Waals surface area (Å²) in [6.45, 7) is 6.39. The summed E-state index contributed by atoms with van der Waals surface area (Å²) in [5, 5.41) is 0. The summed E-state index contributed by atoms with van der Waals surface area (Å²) >= 11 is 0. The largest absolute Gasteiger partial charge is 0.293 e. The maximum absolute atomic E-state index is 10.8. The Labute approximate surface area is 79.2 Å². The van der Waals surface area contributed by atoms with Gasteiger partial charge in [-0.25, -0.2) is 0 Å². The number of rotatable bonds is 3. The molecule has 0 fully saturated rings. The van der Waals surface area contributed by atoms with Crippen molar-refractivity contribution in [3.63, 3.8) is 0 Å². The van der Waals surface area contributed by atoms with Gasteiger partial charge in [0.2, 0.25) is 6.54 Å². The molecule has 0 radical (unpaired) electrons.